The molecule has 3 aromatic rings. The lowest BCUT2D eigenvalue weighted by molar-refractivity contribution is 0.462. The lowest BCUT2D eigenvalue weighted by Crippen LogP contribution is -2.16. The highest BCUT2D eigenvalue weighted by molar-refractivity contribution is 7.09. The van der Waals surface area contributed by atoms with Gasteiger partial charge in [0.15, 0.2) is 0 Å². The van der Waals surface area contributed by atoms with Gasteiger partial charge >= 0.3 is 0 Å². The molecule has 0 aliphatic heterocycles. The molecule has 2 aromatic heterocycles. The standard InChI is InChI=1S/C18H17ClN2OS/c19-17-11-14(12-20-9-8-16-7-4-10-23-16)13-21-18(17)22-15-5-2-1-3-6-15/h1-7,10-11,13,20H,8-9,12H2. The Morgan fingerprint density at radius 3 is 2.74 bits per heavy atom. The molecule has 0 fully saturated rings. The molecule has 118 valence electrons. The first kappa shape index (κ1) is 16.0. The lowest BCUT2D eigenvalue weighted by Gasteiger charge is -2.08. The van der Waals surface area contributed by atoms with E-state index in [1.165, 1.54) is 4.88 Å². The van der Waals surface area contributed by atoms with E-state index in [2.05, 4.69) is 27.8 Å². The van der Waals surface area contributed by atoms with Gasteiger partial charge in [0.05, 0.1) is 0 Å². The molecule has 5 heteroatoms. The van der Waals surface area contributed by atoms with E-state index in [-0.39, 0.29) is 0 Å². The van der Waals surface area contributed by atoms with Crippen molar-refractivity contribution in [3.63, 3.8) is 0 Å². The summed E-state index contributed by atoms with van der Waals surface area (Å²) in [6, 6.07) is 15.6. The van der Waals surface area contributed by atoms with Crippen molar-refractivity contribution in [3.8, 4) is 11.6 Å². The highest BCUT2D eigenvalue weighted by atomic mass is 35.5. The summed E-state index contributed by atoms with van der Waals surface area (Å²) in [5, 5.41) is 6.03. The van der Waals surface area contributed by atoms with E-state index in [9.17, 15) is 0 Å². The monoisotopic (exact) mass is 344 g/mol. The predicted molar refractivity (Wildman–Crippen MR) is 95.5 cm³/mol. The van der Waals surface area contributed by atoms with Gasteiger partial charge in [-0.15, -0.1) is 11.3 Å². The molecule has 0 unspecified atom stereocenters. The van der Waals surface area contributed by atoms with E-state index >= 15 is 0 Å². The molecule has 0 saturated heterocycles. The molecule has 0 amide bonds. The zero-order valence-electron chi connectivity index (χ0n) is 12.5. The third-order valence-electron chi connectivity index (χ3n) is 3.28. The molecule has 0 saturated carbocycles. The molecule has 3 nitrogen and oxygen atoms in total. The number of hydrogen-bond donors (Lipinski definition) is 1. The highest BCUT2D eigenvalue weighted by Gasteiger charge is 2.06. The van der Waals surface area contributed by atoms with E-state index < -0.39 is 0 Å². The summed E-state index contributed by atoms with van der Waals surface area (Å²) in [6.07, 6.45) is 2.83. The van der Waals surface area contributed by atoms with Crippen LogP contribution >= 0.6 is 22.9 Å². The third kappa shape index (κ3) is 4.79. The highest BCUT2D eigenvalue weighted by Crippen LogP contribution is 2.27. The number of aromatic nitrogens is 1. The van der Waals surface area contributed by atoms with Crippen LogP contribution in [0.2, 0.25) is 5.02 Å². The van der Waals surface area contributed by atoms with Crippen LogP contribution in [0, 0.1) is 0 Å². The second kappa shape index (κ2) is 8.11. The number of halogens is 1. The van der Waals surface area contributed by atoms with E-state index in [1.54, 1.807) is 17.5 Å². The van der Waals surface area contributed by atoms with Crippen molar-refractivity contribution in [1.29, 1.82) is 0 Å². The quantitative estimate of drug-likeness (QED) is 0.617. The number of ether oxygens (including phenoxy) is 1. The Kier molecular flexibility index (Phi) is 5.64. The van der Waals surface area contributed by atoms with Gasteiger partial charge in [0.25, 0.3) is 0 Å². The van der Waals surface area contributed by atoms with Crippen LogP contribution in [0.3, 0.4) is 0 Å². The Bertz CT molecular complexity index is 732. The SMILES string of the molecule is Clc1cc(CNCCc2cccs2)cnc1Oc1ccccc1. The Hall–Kier alpha value is -1.88. The predicted octanol–water partition coefficient (Wildman–Crippen LogP) is 4.92. The molecular weight excluding hydrogens is 328 g/mol. The smallest absolute Gasteiger partial charge is 0.238 e. The largest absolute Gasteiger partial charge is 0.438 e. The maximum absolute atomic E-state index is 6.26. The summed E-state index contributed by atoms with van der Waals surface area (Å²) in [7, 11) is 0. The molecule has 0 aliphatic carbocycles. The summed E-state index contributed by atoms with van der Waals surface area (Å²) < 4.78 is 5.68. The Balaban J connectivity index is 1.52. The zero-order valence-corrected chi connectivity index (χ0v) is 14.1. The molecule has 0 aliphatic rings. The minimum Gasteiger partial charge on any atom is -0.438 e. The first-order valence-electron chi connectivity index (χ1n) is 7.42. The van der Waals surface area contributed by atoms with Gasteiger partial charge in [-0.25, -0.2) is 4.98 Å². The number of nitrogens with one attached hydrogen (secondary N) is 1. The normalized spacial score (nSPS) is 10.7. The van der Waals surface area contributed by atoms with Crippen LogP contribution in [-0.2, 0) is 13.0 Å². The minimum atomic E-state index is 0.431. The topological polar surface area (TPSA) is 34.2 Å². The number of para-hydroxylation sites is 1. The van der Waals surface area contributed by atoms with Gasteiger partial charge < -0.3 is 10.1 Å². The van der Waals surface area contributed by atoms with Gasteiger partial charge in [0.1, 0.15) is 10.8 Å². The van der Waals surface area contributed by atoms with Crippen LogP contribution in [-0.4, -0.2) is 11.5 Å². The van der Waals surface area contributed by atoms with Crippen LogP contribution in [0.15, 0.2) is 60.1 Å². The van der Waals surface area contributed by atoms with Crippen molar-refractivity contribution >= 4 is 22.9 Å². The first-order chi connectivity index (χ1) is 11.3. The molecule has 0 bridgehead atoms. The van der Waals surface area contributed by atoms with Crippen molar-refractivity contribution in [2.24, 2.45) is 0 Å². The fraction of sp³-hybridized carbons (Fsp3) is 0.167. The number of rotatable bonds is 7. The number of benzene rings is 1. The van der Waals surface area contributed by atoms with Crippen molar-refractivity contribution in [1.82, 2.24) is 10.3 Å². The van der Waals surface area contributed by atoms with Gasteiger partial charge in [-0.05, 0) is 41.6 Å². The zero-order chi connectivity index (χ0) is 15.9. The Labute approximate surface area is 144 Å². The maximum atomic E-state index is 6.26. The molecule has 2 heterocycles. The number of thiophene rings is 1. The fourth-order valence-electron chi connectivity index (χ4n) is 2.14. The molecule has 0 atom stereocenters. The van der Waals surface area contributed by atoms with Crippen LogP contribution in [0.25, 0.3) is 0 Å². The van der Waals surface area contributed by atoms with E-state index in [0.717, 1.165) is 30.8 Å². The van der Waals surface area contributed by atoms with Crippen LogP contribution in [0.4, 0.5) is 0 Å². The summed E-state index contributed by atoms with van der Waals surface area (Å²) in [5.41, 5.74) is 1.04. The molecule has 0 spiro atoms. The van der Waals surface area contributed by atoms with E-state index in [4.69, 9.17) is 16.3 Å². The number of hydrogen-bond acceptors (Lipinski definition) is 4. The van der Waals surface area contributed by atoms with Crippen molar-refractivity contribution < 1.29 is 4.74 Å². The van der Waals surface area contributed by atoms with Gasteiger partial charge in [0.2, 0.25) is 5.88 Å². The minimum absolute atomic E-state index is 0.431. The molecule has 0 radical (unpaired) electrons. The Morgan fingerprint density at radius 2 is 2.00 bits per heavy atom. The summed E-state index contributed by atoms with van der Waals surface area (Å²) in [4.78, 5) is 5.70. The fourth-order valence-corrected chi connectivity index (χ4v) is 3.07. The van der Waals surface area contributed by atoms with Crippen molar-refractivity contribution in [2.75, 3.05) is 6.54 Å². The summed E-state index contributed by atoms with van der Waals surface area (Å²) in [5.74, 6) is 1.16. The van der Waals surface area contributed by atoms with Gasteiger partial charge in [-0.1, -0.05) is 35.9 Å². The second-order valence-electron chi connectivity index (χ2n) is 5.05. The molecule has 1 N–H and O–H groups in total. The van der Waals surface area contributed by atoms with Gasteiger partial charge in [-0.2, -0.15) is 0 Å². The average Bonchev–Trinajstić information content (AvgIpc) is 3.08. The summed E-state index contributed by atoms with van der Waals surface area (Å²) >= 11 is 8.04. The number of nitrogens with zero attached hydrogens (tertiary/aromatic N) is 1. The van der Waals surface area contributed by atoms with Gasteiger partial charge in [-0.3, -0.25) is 0 Å². The summed E-state index contributed by atoms with van der Waals surface area (Å²) in [6.45, 7) is 1.67. The van der Waals surface area contributed by atoms with Crippen LogP contribution in [0.1, 0.15) is 10.4 Å². The van der Waals surface area contributed by atoms with Crippen molar-refractivity contribution in [3.05, 3.63) is 75.6 Å². The van der Waals surface area contributed by atoms with Gasteiger partial charge in [0, 0.05) is 24.2 Å². The molecule has 1 aromatic carbocycles. The van der Waals surface area contributed by atoms with Crippen LogP contribution in [0.5, 0.6) is 11.6 Å². The lowest BCUT2D eigenvalue weighted by atomic mass is 10.2. The third-order valence-corrected chi connectivity index (χ3v) is 4.49. The molecule has 23 heavy (non-hydrogen) atoms. The molecule has 3 rings (SSSR count). The first-order valence-corrected chi connectivity index (χ1v) is 8.67. The Morgan fingerprint density at radius 1 is 1.13 bits per heavy atom. The second-order valence-corrected chi connectivity index (χ2v) is 6.49. The van der Waals surface area contributed by atoms with Crippen LogP contribution < -0.4 is 10.1 Å². The average molecular weight is 345 g/mol. The maximum Gasteiger partial charge on any atom is 0.238 e. The van der Waals surface area contributed by atoms with Crippen molar-refractivity contribution in [2.45, 2.75) is 13.0 Å². The number of pyridine rings is 1. The molecular formula is C18H17ClN2OS. The van der Waals surface area contributed by atoms with E-state index in [0.29, 0.717) is 10.9 Å². The van der Waals surface area contributed by atoms with E-state index in [1.807, 2.05) is 36.4 Å².